The van der Waals surface area contributed by atoms with Gasteiger partial charge in [0.2, 0.25) is 5.95 Å². The number of amides is 1. The SMILES string of the molecule is C[C@H](C(=O)Nc1nc2ccccc2n1C1CCCCC1)n1cncn1. The summed E-state index contributed by atoms with van der Waals surface area (Å²) in [4.78, 5) is 21.3. The van der Waals surface area contributed by atoms with E-state index in [1.807, 2.05) is 18.2 Å². The number of hydrogen-bond acceptors (Lipinski definition) is 4. The molecule has 7 nitrogen and oxygen atoms in total. The second-order valence-electron chi connectivity index (χ2n) is 6.63. The van der Waals surface area contributed by atoms with Crippen molar-refractivity contribution in [1.82, 2.24) is 24.3 Å². The van der Waals surface area contributed by atoms with E-state index in [9.17, 15) is 4.79 Å². The largest absolute Gasteiger partial charge is 0.307 e. The van der Waals surface area contributed by atoms with Crippen molar-refractivity contribution in [2.75, 3.05) is 5.32 Å². The molecule has 130 valence electrons. The zero-order valence-electron chi connectivity index (χ0n) is 14.3. The first-order valence-electron chi connectivity index (χ1n) is 8.86. The number of nitrogens with zero attached hydrogens (tertiary/aromatic N) is 5. The maximum atomic E-state index is 12.7. The summed E-state index contributed by atoms with van der Waals surface area (Å²) in [5.74, 6) is 0.489. The molecule has 4 rings (SSSR count). The monoisotopic (exact) mass is 338 g/mol. The Morgan fingerprint density at radius 3 is 2.80 bits per heavy atom. The molecule has 2 heterocycles. The van der Waals surface area contributed by atoms with E-state index in [0.717, 1.165) is 23.9 Å². The van der Waals surface area contributed by atoms with Crippen molar-refractivity contribution < 1.29 is 4.79 Å². The summed E-state index contributed by atoms with van der Waals surface area (Å²) in [5.41, 5.74) is 2.00. The fourth-order valence-corrected chi connectivity index (χ4v) is 3.59. The van der Waals surface area contributed by atoms with Crippen LogP contribution in [0.25, 0.3) is 11.0 Å². The van der Waals surface area contributed by atoms with Crippen molar-refractivity contribution in [3.05, 3.63) is 36.9 Å². The third-order valence-corrected chi connectivity index (χ3v) is 4.98. The van der Waals surface area contributed by atoms with Crippen molar-refractivity contribution in [3.8, 4) is 0 Å². The van der Waals surface area contributed by atoms with Gasteiger partial charge in [-0.25, -0.2) is 14.6 Å². The molecule has 1 N–H and O–H groups in total. The van der Waals surface area contributed by atoms with E-state index >= 15 is 0 Å². The average Bonchev–Trinajstić information content (AvgIpc) is 3.29. The summed E-state index contributed by atoms with van der Waals surface area (Å²) in [5, 5.41) is 7.06. The molecule has 0 bridgehead atoms. The maximum Gasteiger partial charge on any atom is 0.251 e. The molecule has 0 saturated heterocycles. The van der Waals surface area contributed by atoms with Crippen LogP contribution < -0.4 is 5.32 Å². The molecule has 1 amide bonds. The molecule has 1 fully saturated rings. The standard InChI is InChI=1S/C18H22N6O/c1-13(23-12-19-11-20-23)17(25)22-18-21-15-9-5-6-10-16(15)24(18)14-7-3-2-4-8-14/h5-6,9-14H,2-4,7-8H2,1H3,(H,21,22,25)/t13-/m1/s1. The van der Waals surface area contributed by atoms with Gasteiger partial charge in [0, 0.05) is 6.04 Å². The Bertz CT molecular complexity index is 863. The van der Waals surface area contributed by atoms with E-state index in [-0.39, 0.29) is 5.91 Å². The lowest BCUT2D eigenvalue weighted by atomic mass is 9.95. The number of para-hydroxylation sites is 2. The topological polar surface area (TPSA) is 77.6 Å². The van der Waals surface area contributed by atoms with Gasteiger partial charge in [0.15, 0.2) is 0 Å². The number of carbonyl (C=O) groups excluding carboxylic acids is 1. The summed E-state index contributed by atoms with van der Waals surface area (Å²) >= 11 is 0. The first kappa shape index (κ1) is 15.8. The normalized spacial score (nSPS) is 16.8. The van der Waals surface area contributed by atoms with Crippen molar-refractivity contribution in [3.63, 3.8) is 0 Å². The number of carbonyl (C=O) groups is 1. The van der Waals surface area contributed by atoms with E-state index in [2.05, 4.69) is 31.0 Å². The van der Waals surface area contributed by atoms with E-state index < -0.39 is 6.04 Å². The van der Waals surface area contributed by atoms with Crippen molar-refractivity contribution >= 4 is 22.9 Å². The zero-order chi connectivity index (χ0) is 17.2. The van der Waals surface area contributed by atoms with Gasteiger partial charge in [0.05, 0.1) is 11.0 Å². The van der Waals surface area contributed by atoms with Crippen LogP contribution in [-0.4, -0.2) is 30.2 Å². The lowest BCUT2D eigenvalue weighted by Crippen LogP contribution is -2.26. The third-order valence-electron chi connectivity index (χ3n) is 4.98. The molecular formula is C18H22N6O. The van der Waals surface area contributed by atoms with Gasteiger partial charge in [-0.3, -0.25) is 10.1 Å². The molecule has 1 aliphatic carbocycles. The predicted octanol–water partition coefficient (Wildman–Crippen LogP) is 3.33. The summed E-state index contributed by atoms with van der Waals surface area (Å²) in [6.45, 7) is 1.80. The zero-order valence-corrected chi connectivity index (χ0v) is 14.3. The first-order chi connectivity index (χ1) is 12.2. The number of nitrogens with one attached hydrogen (secondary N) is 1. The molecule has 1 aromatic carbocycles. The highest BCUT2D eigenvalue weighted by atomic mass is 16.2. The third kappa shape index (κ3) is 3.01. The number of hydrogen-bond donors (Lipinski definition) is 1. The Hall–Kier alpha value is -2.70. The molecule has 0 spiro atoms. The van der Waals surface area contributed by atoms with Crippen LogP contribution in [0.2, 0.25) is 0 Å². The van der Waals surface area contributed by atoms with Gasteiger partial charge in [-0.2, -0.15) is 5.10 Å². The minimum Gasteiger partial charge on any atom is -0.307 e. The highest BCUT2D eigenvalue weighted by molar-refractivity contribution is 5.93. The van der Waals surface area contributed by atoms with E-state index in [4.69, 9.17) is 0 Å². The molecule has 1 atom stereocenters. The van der Waals surface area contributed by atoms with Gasteiger partial charge in [-0.05, 0) is 31.9 Å². The summed E-state index contributed by atoms with van der Waals surface area (Å²) < 4.78 is 3.75. The Morgan fingerprint density at radius 2 is 2.04 bits per heavy atom. The van der Waals surface area contributed by atoms with Crippen LogP contribution in [0.1, 0.15) is 51.1 Å². The Morgan fingerprint density at radius 1 is 1.24 bits per heavy atom. The fourth-order valence-electron chi connectivity index (χ4n) is 3.59. The molecule has 0 unspecified atom stereocenters. The molecule has 0 radical (unpaired) electrons. The van der Waals surface area contributed by atoms with E-state index in [0.29, 0.717) is 12.0 Å². The minimum atomic E-state index is -0.442. The van der Waals surface area contributed by atoms with Crippen molar-refractivity contribution in [2.24, 2.45) is 0 Å². The Balaban J connectivity index is 1.67. The number of aromatic nitrogens is 5. The van der Waals surface area contributed by atoms with Gasteiger partial charge in [0.1, 0.15) is 18.7 Å². The fraction of sp³-hybridized carbons (Fsp3) is 0.444. The molecular weight excluding hydrogens is 316 g/mol. The van der Waals surface area contributed by atoms with Crippen molar-refractivity contribution in [2.45, 2.75) is 51.1 Å². The lowest BCUT2D eigenvalue weighted by molar-refractivity contribution is -0.119. The molecule has 7 heteroatoms. The summed E-state index contributed by atoms with van der Waals surface area (Å²) in [6, 6.07) is 8.01. The predicted molar refractivity (Wildman–Crippen MR) is 95.2 cm³/mol. The molecule has 25 heavy (non-hydrogen) atoms. The second-order valence-corrected chi connectivity index (χ2v) is 6.63. The number of fused-ring (bicyclic) bond motifs is 1. The van der Waals surface area contributed by atoms with Gasteiger partial charge < -0.3 is 4.57 Å². The highest BCUT2D eigenvalue weighted by Gasteiger charge is 2.24. The number of benzene rings is 1. The van der Waals surface area contributed by atoms with Crippen molar-refractivity contribution in [1.29, 1.82) is 0 Å². The molecule has 3 aromatic rings. The van der Waals surface area contributed by atoms with E-state index in [1.54, 1.807) is 17.9 Å². The molecule has 1 aliphatic rings. The highest BCUT2D eigenvalue weighted by Crippen LogP contribution is 2.34. The first-order valence-corrected chi connectivity index (χ1v) is 8.86. The lowest BCUT2D eigenvalue weighted by Gasteiger charge is -2.25. The summed E-state index contributed by atoms with van der Waals surface area (Å²) in [7, 11) is 0. The quantitative estimate of drug-likeness (QED) is 0.791. The van der Waals surface area contributed by atoms with Gasteiger partial charge in [0.25, 0.3) is 5.91 Å². The smallest absolute Gasteiger partial charge is 0.251 e. The van der Waals surface area contributed by atoms with Crippen LogP contribution in [0, 0.1) is 0 Å². The summed E-state index contributed by atoms with van der Waals surface area (Å²) in [6.07, 6.45) is 8.97. The number of imidazole rings is 1. The van der Waals surface area contributed by atoms with Crippen LogP contribution in [0.4, 0.5) is 5.95 Å². The van der Waals surface area contributed by atoms with Crippen LogP contribution in [0.15, 0.2) is 36.9 Å². The van der Waals surface area contributed by atoms with Crippen LogP contribution in [0.3, 0.4) is 0 Å². The number of anilines is 1. The van der Waals surface area contributed by atoms with Crippen LogP contribution in [0.5, 0.6) is 0 Å². The Kier molecular flexibility index (Phi) is 4.21. The second kappa shape index (κ2) is 6.66. The molecule has 0 aliphatic heterocycles. The average molecular weight is 338 g/mol. The number of rotatable bonds is 4. The van der Waals surface area contributed by atoms with Gasteiger partial charge in [-0.1, -0.05) is 31.4 Å². The van der Waals surface area contributed by atoms with E-state index in [1.165, 1.54) is 25.6 Å². The molecule has 1 saturated carbocycles. The minimum absolute atomic E-state index is 0.141. The van der Waals surface area contributed by atoms with Gasteiger partial charge >= 0.3 is 0 Å². The van der Waals surface area contributed by atoms with Crippen LogP contribution in [-0.2, 0) is 4.79 Å². The Labute approximate surface area is 146 Å². The maximum absolute atomic E-state index is 12.7. The van der Waals surface area contributed by atoms with Crippen LogP contribution >= 0.6 is 0 Å². The van der Waals surface area contributed by atoms with Gasteiger partial charge in [-0.15, -0.1) is 0 Å². The molecule has 2 aromatic heterocycles.